The van der Waals surface area contributed by atoms with E-state index >= 15 is 0 Å². The van der Waals surface area contributed by atoms with Crippen LogP contribution in [0, 0.1) is 0 Å². The zero-order valence-corrected chi connectivity index (χ0v) is 15.9. The molecule has 0 radical (unpaired) electrons. The standard InChI is InChI=1S/C9H10N6O5S.C2H5NO.C2H6O/c16-8(17)5-13-21(18,19)12-4-7-14-9(15-20-7)6-3-10-1-2-11-6;1-2(3)4;1-2-3/h1-3,12-13H,4-5H2,(H,16,17);1H3,(H2,3,4);3H,2H2,1H3. The number of nitrogens with one attached hydrogen (secondary N) is 2. The first-order valence-corrected chi connectivity index (χ1v) is 9.01. The Balaban J connectivity index is 0.000000904. The number of amides is 1. The largest absolute Gasteiger partial charge is 0.480 e. The van der Waals surface area contributed by atoms with Gasteiger partial charge in [0.15, 0.2) is 0 Å². The SMILES string of the molecule is CC(N)=O.CCO.O=C(O)CNS(=O)(=O)NCc1nc(-c2cnccn2)no1. The van der Waals surface area contributed by atoms with Crippen LogP contribution in [0.1, 0.15) is 19.7 Å². The number of aromatic nitrogens is 4. The summed E-state index contributed by atoms with van der Waals surface area (Å²) in [5, 5.41) is 19.6. The summed E-state index contributed by atoms with van der Waals surface area (Å²) in [5.41, 5.74) is 4.85. The summed E-state index contributed by atoms with van der Waals surface area (Å²) in [5.74, 6) is -1.48. The van der Waals surface area contributed by atoms with Gasteiger partial charge in [0.25, 0.3) is 10.2 Å². The fourth-order valence-electron chi connectivity index (χ4n) is 1.21. The number of aliphatic hydroxyl groups excluding tert-OH is 1. The Kier molecular flexibility index (Phi) is 11.8. The number of aliphatic carboxylic acids is 1. The van der Waals surface area contributed by atoms with Crippen molar-refractivity contribution in [1.82, 2.24) is 29.6 Å². The normalized spacial score (nSPS) is 10.1. The maximum absolute atomic E-state index is 11.4. The van der Waals surface area contributed by atoms with E-state index in [9.17, 15) is 18.0 Å². The van der Waals surface area contributed by atoms with E-state index < -0.39 is 22.7 Å². The van der Waals surface area contributed by atoms with E-state index in [1.807, 2.05) is 4.72 Å². The number of hydrogen-bond donors (Lipinski definition) is 5. The topological polar surface area (TPSA) is 224 Å². The minimum Gasteiger partial charge on any atom is -0.480 e. The molecule has 1 amide bonds. The van der Waals surface area contributed by atoms with Crippen LogP contribution >= 0.6 is 0 Å². The molecule has 28 heavy (non-hydrogen) atoms. The number of nitrogens with two attached hydrogens (primary N) is 1. The molecular formula is C13H21N7O7S. The molecule has 0 aromatic carbocycles. The van der Waals surface area contributed by atoms with Crippen molar-refractivity contribution in [2.75, 3.05) is 13.2 Å². The molecule has 2 heterocycles. The van der Waals surface area contributed by atoms with Crippen molar-refractivity contribution < 1.29 is 32.7 Å². The van der Waals surface area contributed by atoms with E-state index in [4.69, 9.17) is 14.7 Å². The number of primary amides is 1. The van der Waals surface area contributed by atoms with Crippen molar-refractivity contribution in [2.24, 2.45) is 5.73 Å². The average Bonchev–Trinajstić information content (AvgIpc) is 3.09. The van der Waals surface area contributed by atoms with E-state index in [1.54, 1.807) is 6.92 Å². The van der Waals surface area contributed by atoms with Crippen molar-refractivity contribution in [2.45, 2.75) is 20.4 Å². The quantitative estimate of drug-likeness (QED) is 0.330. The van der Waals surface area contributed by atoms with E-state index in [0.29, 0.717) is 5.69 Å². The summed E-state index contributed by atoms with van der Waals surface area (Å²) in [6.07, 6.45) is 4.35. The minimum absolute atomic E-state index is 0.00338. The molecule has 15 heteroatoms. The summed E-state index contributed by atoms with van der Waals surface area (Å²) in [7, 11) is -3.97. The van der Waals surface area contributed by atoms with Gasteiger partial charge in [-0.1, -0.05) is 5.16 Å². The lowest BCUT2D eigenvalue weighted by Gasteiger charge is -2.03. The number of hydrogen-bond acceptors (Lipinski definition) is 10. The van der Waals surface area contributed by atoms with Gasteiger partial charge in [0.2, 0.25) is 17.6 Å². The summed E-state index contributed by atoms with van der Waals surface area (Å²) in [6.45, 7) is 2.21. The third-order valence-corrected chi connectivity index (χ3v) is 3.14. The van der Waals surface area contributed by atoms with Crippen molar-refractivity contribution >= 4 is 22.1 Å². The number of aliphatic hydroxyl groups is 1. The van der Waals surface area contributed by atoms with Gasteiger partial charge in [0, 0.05) is 25.9 Å². The molecule has 156 valence electrons. The zero-order chi connectivity index (χ0) is 21.6. The molecule has 6 N–H and O–H groups in total. The second-order valence-electron chi connectivity index (χ2n) is 4.57. The second-order valence-corrected chi connectivity index (χ2v) is 6.15. The average molecular weight is 419 g/mol. The molecule has 0 fully saturated rings. The van der Waals surface area contributed by atoms with E-state index in [2.05, 4.69) is 30.6 Å². The van der Waals surface area contributed by atoms with Gasteiger partial charge < -0.3 is 20.5 Å². The van der Waals surface area contributed by atoms with Crippen LogP contribution in [-0.2, 0) is 26.3 Å². The highest BCUT2D eigenvalue weighted by molar-refractivity contribution is 7.87. The van der Waals surface area contributed by atoms with Crippen LogP contribution in [0.25, 0.3) is 11.5 Å². The maximum atomic E-state index is 11.4. The lowest BCUT2D eigenvalue weighted by Crippen LogP contribution is -2.38. The van der Waals surface area contributed by atoms with Crippen molar-refractivity contribution in [3.63, 3.8) is 0 Å². The Bertz CT molecular complexity index is 823. The van der Waals surface area contributed by atoms with Crippen molar-refractivity contribution in [3.05, 3.63) is 24.5 Å². The maximum Gasteiger partial charge on any atom is 0.318 e. The number of carboxylic acids is 1. The van der Waals surface area contributed by atoms with Crippen LogP contribution in [-0.4, -0.2) is 63.8 Å². The fraction of sp³-hybridized carbons (Fsp3) is 0.385. The highest BCUT2D eigenvalue weighted by Crippen LogP contribution is 2.10. The summed E-state index contributed by atoms with van der Waals surface area (Å²) < 4.78 is 31.5. The molecule has 14 nitrogen and oxygen atoms in total. The summed E-state index contributed by atoms with van der Waals surface area (Å²) >= 11 is 0. The third kappa shape index (κ3) is 12.4. The summed E-state index contributed by atoms with van der Waals surface area (Å²) in [4.78, 5) is 31.2. The fourth-order valence-corrected chi connectivity index (χ4v) is 1.94. The molecule has 0 saturated heterocycles. The lowest BCUT2D eigenvalue weighted by atomic mass is 10.4. The van der Waals surface area contributed by atoms with Gasteiger partial charge in [-0.3, -0.25) is 14.6 Å². The molecule has 0 atom stereocenters. The molecule has 0 bridgehead atoms. The van der Waals surface area contributed by atoms with Gasteiger partial charge in [0.05, 0.1) is 12.7 Å². The number of carboxylic acid groups (broad SMARTS) is 1. The van der Waals surface area contributed by atoms with Crippen LogP contribution in [0.3, 0.4) is 0 Å². The van der Waals surface area contributed by atoms with Gasteiger partial charge in [0.1, 0.15) is 12.2 Å². The van der Waals surface area contributed by atoms with Crippen LogP contribution in [0.4, 0.5) is 0 Å². The van der Waals surface area contributed by atoms with Gasteiger partial charge in [-0.2, -0.15) is 22.8 Å². The van der Waals surface area contributed by atoms with Crippen LogP contribution in [0.2, 0.25) is 0 Å². The first-order chi connectivity index (χ1) is 13.1. The predicted octanol–water partition coefficient (Wildman–Crippen LogP) is -1.97. The predicted molar refractivity (Wildman–Crippen MR) is 94.4 cm³/mol. The number of carbonyl (C=O) groups excluding carboxylic acids is 1. The Morgan fingerprint density at radius 2 is 1.89 bits per heavy atom. The van der Waals surface area contributed by atoms with E-state index in [-0.39, 0.29) is 30.8 Å². The van der Waals surface area contributed by atoms with Crippen LogP contribution in [0.15, 0.2) is 23.1 Å². The zero-order valence-electron chi connectivity index (χ0n) is 15.1. The van der Waals surface area contributed by atoms with E-state index in [1.165, 1.54) is 25.5 Å². The van der Waals surface area contributed by atoms with Gasteiger partial charge >= 0.3 is 5.97 Å². The molecule has 0 spiro atoms. The molecule has 0 unspecified atom stereocenters. The molecule has 0 saturated carbocycles. The summed E-state index contributed by atoms with van der Waals surface area (Å²) in [6, 6.07) is 0. The van der Waals surface area contributed by atoms with Crippen molar-refractivity contribution in [1.29, 1.82) is 0 Å². The van der Waals surface area contributed by atoms with Gasteiger partial charge in [-0.05, 0) is 6.92 Å². The van der Waals surface area contributed by atoms with Crippen LogP contribution in [0.5, 0.6) is 0 Å². The highest BCUT2D eigenvalue weighted by Gasteiger charge is 2.14. The Morgan fingerprint density at radius 3 is 2.39 bits per heavy atom. The third-order valence-electron chi connectivity index (χ3n) is 2.09. The highest BCUT2D eigenvalue weighted by atomic mass is 32.2. The number of nitrogens with zero attached hydrogens (tertiary/aromatic N) is 4. The van der Waals surface area contributed by atoms with Gasteiger partial charge in [-0.25, -0.2) is 4.98 Å². The Hall–Kier alpha value is -3.01. The first-order valence-electron chi connectivity index (χ1n) is 7.53. The van der Waals surface area contributed by atoms with Crippen LogP contribution < -0.4 is 15.2 Å². The monoisotopic (exact) mass is 419 g/mol. The minimum atomic E-state index is -3.97. The molecular weight excluding hydrogens is 398 g/mol. The number of carbonyl (C=O) groups is 2. The lowest BCUT2D eigenvalue weighted by molar-refractivity contribution is -0.135. The smallest absolute Gasteiger partial charge is 0.318 e. The molecule has 2 aromatic rings. The number of rotatable bonds is 7. The molecule has 0 aliphatic heterocycles. The molecule has 0 aliphatic rings. The van der Waals surface area contributed by atoms with Gasteiger partial charge in [-0.15, -0.1) is 0 Å². The first kappa shape index (κ1) is 25.0. The van der Waals surface area contributed by atoms with E-state index in [0.717, 1.165) is 0 Å². The van der Waals surface area contributed by atoms with Crippen molar-refractivity contribution in [3.8, 4) is 11.5 Å². The molecule has 2 rings (SSSR count). The Labute approximate surface area is 160 Å². The Morgan fingerprint density at radius 1 is 1.29 bits per heavy atom. The second kappa shape index (κ2) is 13.2. The molecule has 0 aliphatic carbocycles. The molecule has 2 aromatic heterocycles.